The first-order chi connectivity index (χ1) is 8.02. The van der Waals surface area contributed by atoms with E-state index >= 15 is 0 Å². The molecule has 0 spiro atoms. The van der Waals surface area contributed by atoms with E-state index in [0.717, 1.165) is 24.0 Å². The number of hydrogen-bond acceptors (Lipinski definition) is 2. The highest BCUT2D eigenvalue weighted by Crippen LogP contribution is 2.27. The lowest BCUT2D eigenvalue weighted by Gasteiger charge is -2.36. The Morgan fingerprint density at radius 3 is 2.35 bits per heavy atom. The fourth-order valence-electron chi connectivity index (χ4n) is 2.12. The number of rotatable bonds is 4. The number of aryl methyl sites for hydroxylation is 1. The van der Waals surface area contributed by atoms with E-state index < -0.39 is 11.5 Å². The van der Waals surface area contributed by atoms with E-state index in [2.05, 4.69) is 5.32 Å². The van der Waals surface area contributed by atoms with Crippen molar-refractivity contribution in [2.45, 2.75) is 44.7 Å². The van der Waals surface area contributed by atoms with Crippen LogP contribution in [-0.4, -0.2) is 17.1 Å². The lowest BCUT2D eigenvalue weighted by atomic mass is 9.85. The Balaban J connectivity index is 2.25. The van der Waals surface area contributed by atoms with Gasteiger partial charge >= 0.3 is 5.97 Å². The zero-order valence-corrected chi connectivity index (χ0v) is 10.4. The van der Waals surface area contributed by atoms with Crippen LogP contribution >= 0.6 is 0 Å². The van der Waals surface area contributed by atoms with Crippen molar-refractivity contribution < 1.29 is 9.90 Å². The third-order valence-electron chi connectivity index (χ3n) is 3.65. The molecule has 0 aliphatic heterocycles. The van der Waals surface area contributed by atoms with Crippen molar-refractivity contribution in [3.63, 3.8) is 0 Å². The van der Waals surface area contributed by atoms with Crippen LogP contribution in [-0.2, 0) is 10.3 Å². The van der Waals surface area contributed by atoms with Gasteiger partial charge in [-0.2, -0.15) is 0 Å². The molecule has 0 bridgehead atoms. The summed E-state index contributed by atoms with van der Waals surface area (Å²) in [6, 6.07) is 8.06. The topological polar surface area (TPSA) is 49.3 Å². The van der Waals surface area contributed by atoms with Gasteiger partial charge in [0, 0.05) is 6.04 Å². The quantitative estimate of drug-likeness (QED) is 0.839. The lowest BCUT2D eigenvalue weighted by molar-refractivity contribution is -0.145. The molecule has 2 rings (SSSR count). The molecule has 1 unspecified atom stereocenters. The van der Waals surface area contributed by atoms with Gasteiger partial charge < -0.3 is 5.11 Å². The summed E-state index contributed by atoms with van der Waals surface area (Å²) >= 11 is 0. The molecule has 0 heterocycles. The Labute approximate surface area is 102 Å². The largest absolute Gasteiger partial charge is 0.480 e. The highest BCUT2D eigenvalue weighted by molar-refractivity contribution is 5.80. The summed E-state index contributed by atoms with van der Waals surface area (Å²) in [5, 5.41) is 12.7. The van der Waals surface area contributed by atoms with Crippen LogP contribution in [0.4, 0.5) is 0 Å². The van der Waals surface area contributed by atoms with Gasteiger partial charge in [0.25, 0.3) is 0 Å². The molecule has 0 radical (unpaired) electrons. The zero-order chi connectivity index (χ0) is 12.5. The molecule has 17 heavy (non-hydrogen) atoms. The van der Waals surface area contributed by atoms with Crippen molar-refractivity contribution in [2.75, 3.05) is 0 Å². The molecule has 1 aliphatic rings. The number of carboxylic acids is 1. The molecule has 1 aromatic rings. The van der Waals surface area contributed by atoms with Gasteiger partial charge in [-0.25, -0.2) is 4.79 Å². The summed E-state index contributed by atoms with van der Waals surface area (Å²) in [6.45, 7) is 3.75. The van der Waals surface area contributed by atoms with Crippen LogP contribution in [0.25, 0.3) is 0 Å². The van der Waals surface area contributed by atoms with Gasteiger partial charge in [0.2, 0.25) is 0 Å². The molecule has 1 atom stereocenters. The van der Waals surface area contributed by atoms with Gasteiger partial charge in [0.05, 0.1) is 0 Å². The fraction of sp³-hybridized carbons (Fsp3) is 0.500. The molecular formula is C14H19NO2. The maximum absolute atomic E-state index is 11.5. The highest BCUT2D eigenvalue weighted by atomic mass is 16.4. The van der Waals surface area contributed by atoms with E-state index in [1.54, 1.807) is 6.92 Å². The standard InChI is InChI=1S/C14H19NO2/c1-10-6-8-11(9-7-10)14(2,13(16)17)15-12-4-3-5-12/h6-9,12,15H,3-5H2,1-2H3,(H,16,17). The molecule has 1 fully saturated rings. The van der Waals surface area contributed by atoms with E-state index in [-0.39, 0.29) is 0 Å². The summed E-state index contributed by atoms with van der Waals surface area (Å²) in [5.74, 6) is -0.812. The summed E-state index contributed by atoms with van der Waals surface area (Å²) in [5.41, 5.74) is 0.992. The van der Waals surface area contributed by atoms with Crippen LogP contribution in [0.1, 0.15) is 37.3 Å². The minimum Gasteiger partial charge on any atom is -0.480 e. The van der Waals surface area contributed by atoms with Gasteiger partial charge in [-0.1, -0.05) is 36.2 Å². The van der Waals surface area contributed by atoms with E-state index in [1.807, 2.05) is 31.2 Å². The van der Waals surface area contributed by atoms with E-state index in [4.69, 9.17) is 0 Å². The Morgan fingerprint density at radius 2 is 1.94 bits per heavy atom. The average Bonchev–Trinajstić information content (AvgIpc) is 2.24. The predicted octanol–water partition coefficient (Wildman–Crippen LogP) is 2.44. The maximum Gasteiger partial charge on any atom is 0.328 e. The SMILES string of the molecule is Cc1ccc(C(C)(NC2CCC2)C(=O)O)cc1. The monoisotopic (exact) mass is 233 g/mol. The Kier molecular flexibility index (Phi) is 3.20. The number of carboxylic acid groups (broad SMARTS) is 1. The maximum atomic E-state index is 11.5. The number of hydrogen-bond donors (Lipinski definition) is 2. The second-order valence-electron chi connectivity index (χ2n) is 5.07. The van der Waals surface area contributed by atoms with Crippen molar-refractivity contribution >= 4 is 5.97 Å². The number of benzene rings is 1. The Morgan fingerprint density at radius 1 is 1.35 bits per heavy atom. The van der Waals surface area contributed by atoms with Crippen molar-refractivity contribution in [3.8, 4) is 0 Å². The first kappa shape index (κ1) is 12.1. The van der Waals surface area contributed by atoms with Crippen LogP contribution < -0.4 is 5.32 Å². The highest BCUT2D eigenvalue weighted by Gasteiger charge is 2.38. The predicted molar refractivity (Wildman–Crippen MR) is 66.9 cm³/mol. The normalized spacial score (nSPS) is 19.4. The summed E-state index contributed by atoms with van der Waals surface area (Å²) in [6.07, 6.45) is 3.35. The van der Waals surface area contributed by atoms with Crippen LogP contribution in [0, 0.1) is 6.92 Å². The van der Waals surface area contributed by atoms with Crippen molar-refractivity contribution in [2.24, 2.45) is 0 Å². The molecule has 2 N–H and O–H groups in total. The Bertz CT molecular complexity index is 409. The van der Waals surface area contributed by atoms with Crippen molar-refractivity contribution in [1.82, 2.24) is 5.32 Å². The van der Waals surface area contributed by atoms with Gasteiger partial charge in [0.1, 0.15) is 5.54 Å². The van der Waals surface area contributed by atoms with E-state index in [9.17, 15) is 9.90 Å². The molecule has 92 valence electrons. The molecule has 1 saturated carbocycles. The summed E-state index contributed by atoms with van der Waals surface area (Å²) in [4.78, 5) is 11.5. The van der Waals surface area contributed by atoms with Crippen molar-refractivity contribution in [1.29, 1.82) is 0 Å². The Hall–Kier alpha value is -1.35. The molecule has 0 saturated heterocycles. The molecule has 0 aromatic heterocycles. The van der Waals surface area contributed by atoms with Gasteiger partial charge in [-0.15, -0.1) is 0 Å². The average molecular weight is 233 g/mol. The van der Waals surface area contributed by atoms with Gasteiger partial charge in [-0.05, 0) is 32.3 Å². The molecule has 1 aliphatic carbocycles. The lowest BCUT2D eigenvalue weighted by Crippen LogP contribution is -2.53. The third kappa shape index (κ3) is 2.34. The fourth-order valence-corrected chi connectivity index (χ4v) is 2.12. The molecule has 1 aromatic carbocycles. The zero-order valence-electron chi connectivity index (χ0n) is 10.4. The smallest absolute Gasteiger partial charge is 0.328 e. The van der Waals surface area contributed by atoms with Crippen LogP contribution in [0.2, 0.25) is 0 Å². The van der Waals surface area contributed by atoms with Crippen LogP contribution in [0.15, 0.2) is 24.3 Å². The summed E-state index contributed by atoms with van der Waals surface area (Å²) in [7, 11) is 0. The number of carbonyl (C=O) groups is 1. The minimum atomic E-state index is -0.973. The molecule has 3 nitrogen and oxygen atoms in total. The van der Waals surface area contributed by atoms with Crippen LogP contribution in [0.3, 0.4) is 0 Å². The number of aliphatic carboxylic acids is 1. The molecule has 3 heteroatoms. The van der Waals surface area contributed by atoms with Crippen molar-refractivity contribution in [3.05, 3.63) is 35.4 Å². The van der Waals surface area contributed by atoms with E-state index in [0.29, 0.717) is 6.04 Å². The second kappa shape index (κ2) is 4.49. The molecular weight excluding hydrogens is 214 g/mol. The van der Waals surface area contributed by atoms with Gasteiger partial charge in [-0.3, -0.25) is 5.32 Å². The van der Waals surface area contributed by atoms with Crippen LogP contribution in [0.5, 0.6) is 0 Å². The second-order valence-corrected chi connectivity index (χ2v) is 5.07. The van der Waals surface area contributed by atoms with Gasteiger partial charge in [0.15, 0.2) is 0 Å². The first-order valence-electron chi connectivity index (χ1n) is 6.10. The summed E-state index contributed by atoms with van der Waals surface area (Å²) < 4.78 is 0. The third-order valence-corrected chi connectivity index (χ3v) is 3.65. The minimum absolute atomic E-state index is 0.345. The first-order valence-corrected chi connectivity index (χ1v) is 6.10. The molecule has 0 amide bonds. The number of nitrogens with one attached hydrogen (secondary N) is 1. The van der Waals surface area contributed by atoms with E-state index in [1.165, 1.54) is 6.42 Å².